The lowest BCUT2D eigenvalue weighted by Gasteiger charge is -2.16. The van der Waals surface area contributed by atoms with Gasteiger partial charge in [0, 0.05) is 0 Å². The van der Waals surface area contributed by atoms with Crippen molar-refractivity contribution in [2.24, 2.45) is 0 Å². The van der Waals surface area contributed by atoms with Crippen LogP contribution in [0, 0.1) is 0 Å². The molecule has 0 aromatic heterocycles. The van der Waals surface area contributed by atoms with Crippen LogP contribution in [0.4, 0.5) is 0 Å². The standard InChI is InChI=1S/C36H58O/c1-3-5-7-9-11-13-15-17-19-21-24-32-26-23-27-33(36(32)34-28-30-35(37)31-29-34)25-22-20-18-16-14-12-10-8-6-4-2/h23,26-31,37H,3-22,24-25H2,1-2H3. The number of phenols is 1. The van der Waals surface area contributed by atoms with Gasteiger partial charge < -0.3 is 5.11 Å². The van der Waals surface area contributed by atoms with Crippen LogP contribution in [0.25, 0.3) is 11.1 Å². The van der Waals surface area contributed by atoms with Crippen LogP contribution >= 0.6 is 0 Å². The van der Waals surface area contributed by atoms with Gasteiger partial charge in [0.15, 0.2) is 0 Å². The molecule has 0 amide bonds. The SMILES string of the molecule is CCCCCCCCCCCCc1cccc(CCCCCCCCCCCC)c1-c1ccc(O)cc1. The topological polar surface area (TPSA) is 20.2 Å². The maximum Gasteiger partial charge on any atom is 0.115 e. The predicted octanol–water partition coefficient (Wildman–Crippen LogP) is 12.0. The van der Waals surface area contributed by atoms with Crippen molar-refractivity contribution in [3.05, 3.63) is 53.6 Å². The second kappa shape index (κ2) is 21.2. The largest absolute Gasteiger partial charge is 0.508 e. The molecule has 0 aliphatic rings. The first kappa shape index (κ1) is 31.5. The summed E-state index contributed by atoms with van der Waals surface area (Å²) in [5.41, 5.74) is 5.70. The van der Waals surface area contributed by atoms with E-state index < -0.39 is 0 Å². The average molecular weight is 507 g/mol. The number of aryl methyl sites for hydroxylation is 2. The molecule has 0 saturated carbocycles. The molecule has 0 unspecified atom stereocenters. The maximum absolute atomic E-state index is 9.85. The fourth-order valence-corrected chi connectivity index (χ4v) is 5.67. The molecule has 1 nitrogen and oxygen atoms in total. The van der Waals surface area contributed by atoms with Crippen LogP contribution in [0.2, 0.25) is 0 Å². The molecule has 0 bridgehead atoms. The van der Waals surface area contributed by atoms with E-state index in [0.29, 0.717) is 5.75 Å². The lowest BCUT2D eigenvalue weighted by molar-refractivity contribution is 0.475. The van der Waals surface area contributed by atoms with Crippen molar-refractivity contribution in [3.8, 4) is 16.9 Å². The van der Waals surface area contributed by atoms with Crippen molar-refractivity contribution in [3.63, 3.8) is 0 Å². The van der Waals surface area contributed by atoms with Gasteiger partial charge in [-0.1, -0.05) is 160 Å². The van der Waals surface area contributed by atoms with Crippen LogP contribution in [0.5, 0.6) is 5.75 Å². The highest BCUT2D eigenvalue weighted by Gasteiger charge is 2.11. The fraction of sp³-hybridized carbons (Fsp3) is 0.667. The summed E-state index contributed by atoms with van der Waals surface area (Å²) in [5.74, 6) is 0.354. The van der Waals surface area contributed by atoms with Crippen molar-refractivity contribution < 1.29 is 5.11 Å². The number of benzene rings is 2. The Morgan fingerprint density at radius 2 is 0.784 bits per heavy atom. The number of rotatable bonds is 23. The molecule has 0 spiro atoms. The molecule has 1 N–H and O–H groups in total. The van der Waals surface area contributed by atoms with E-state index >= 15 is 0 Å². The van der Waals surface area contributed by atoms with Crippen molar-refractivity contribution in [1.29, 1.82) is 0 Å². The zero-order valence-electron chi connectivity index (χ0n) is 24.5. The van der Waals surface area contributed by atoms with Gasteiger partial charge in [-0.05, 0) is 60.1 Å². The number of unbranched alkanes of at least 4 members (excludes halogenated alkanes) is 18. The number of aromatic hydroxyl groups is 1. The lowest BCUT2D eigenvalue weighted by Crippen LogP contribution is -1.98. The van der Waals surface area contributed by atoms with Crippen molar-refractivity contribution in [1.82, 2.24) is 0 Å². The number of hydrogen-bond donors (Lipinski definition) is 1. The minimum atomic E-state index is 0.354. The van der Waals surface area contributed by atoms with Crippen LogP contribution in [0.15, 0.2) is 42.5 Å². The molecule has 0 aliphatic heterocycles. The van der Waals surface area contributed by atoms with E-state index in [-0.39, 0.29) is 0 Å². The van der Waals surface area contributed by atoms with Crippen LogP contribution in [0.3, 0.4) is 0 Å². The van der Waals surface area contributed by atoms with Gasteiger partial charge in [0.25, 0.3) is 0 Å². The summed E-state index contributed by atoms with van der Waals surface area (Å²) in [6, 6.07) is 14.9. The molecular formula is C36H58O. The first-order valence-electron chi connectivity index (χ1n) is 16.2. The van der Waals surface area contributed by atoms with Gasteiger partial charge in [-0.2, -0.15) is 0 Å². The normalized spacial score (nSPS) is 11.3. The second-order valence-corrected chi connectivity index (χ2v) is 11.4. The van der Waals surface area contributed by atoms with E-state index in [2.05, 4.69) is 44.2 Å². The van der Waals surface area contributed by atoms with Crippen molar-refractivity contribution in [2.75, 3.05) is 0 Å². The Kier molecular flexibility index (Phi) is 18.0. The van der Waals surface area contributed by atoms with E-state index in [4.69, 9.17) is 0 Å². The minimum Gasteiger partial charge on any atom is -0.508 e. The highest BCUT2D eigenvalue weighted by atomic mass is 16.3. The quantitative estimate of drug-likeness (QED) is 0.149. The van der Waals surface area contributed by atoms with Gasteiger partial charge in [0.1, 0.15) is 5.75 Å². The lowest BCUT2D eigenvalue weighted by atomic mass is 9.89. The van der Waals surface area contributed by atoms with E-state index in [1.54, 1.807) is 0 Å². The molecule has 2 aromatic rings. The number of hydrogen-bond acceptors (Lipinski definition) is 1. The Labute approximate surface area is 230 Å². The van der Waals surface area contributed by atoms with Crippen LogP contribution in [0.1, 0.15) is 153 Å². The van der Waals surface area contributed by atoms with Gasteiger partial charge in [-0.25, -0.2) is 0 Å². The zero-order valence-corrected chi connectivity index (χ0v) is 24.5. The van der Waals surface area contributed by atoms with E-state index in [1.807, 2.05) is 12.1 Å². The molecule has 2 rings (SSSR count). The Morgan fingerprint density at radius 1 is 0.432 bits per heavy atom. The van der Waals surface area contributed by atoms with E-state index in [1.165, 1.54) is 164 Å². The third kappa shape index (κ3) is 14.1. The number of phenolic OH excluding ortho intramolecular Hbond substituents is 1. The van der Waals surface area contributed by atoms with E-state index in [9.17, 15) is 5.11 Å². The Morgan fingerprint density at radius 3 is 1.16 bits per heavy atom. The zero-order chi connectivity index (χ0) is 26.4. The summed E-state index contributed by atoms with van der Waals surface area (Å²) in [7, 11) is 0. The molecular weight excluding hydrogens is 448 g/mol. The Bertz CT molecular complexity index is 749. The summed E-state index contributed by atoms with van der Waals surface area (Å²) in [4.78, 5) is 0. The molecule has 0 heterocycles. The molecule has 2 aromatic carbocycles. The van der Waals surface area contributed by atoms with Gasteiger partial charge in [0.05, 0.1) is 0 Å². The van der Waals surface area contributed by atoms with Gasteiger partial charge >= 0.3 is 0 Å². The van der Waals surface area contributed by atoms with Gasteiger partial charge in [-0.15, -0.1) is 0 Å². The molecule has 0 fully saturated rings. The first-order chi connectivity index (χ1) is 18.3. The smallest absolute Gasteiger partial charge is 0.115 e. The van der Waals surface area contributed by atoms with Crippen molar-refractivity contribution >= 4 is 0 Å². The minimum absolute atomic E-state index is 0.354. The molecule has 0 radical (unpaired) electrons. The van der Waals surface area contributed by atoms with Crippen LogP contribution in [-0.2, 0) is 12.8 Å². The van der Waals surface area contributed by atoms with Gasteiger partial charge in [-0.3, -0.25) is 0 Å². The summed E-state index contributed by atoms with van der Waals surface area (Å²) in [6.45, 7) is 4.58. The first-order valence-corrected chi connectivity index (χ1v) is 16.2. The monoisotopic (exact) mass is 506 g/mol. The van der Waals surface area contributed by atoms with Crippen LogP contribution < -0.4 is 0 Å². The van der Waals surface area contributed by atoms with Gasteiger partial charge in [0.2, 0.25) is 0 Å². The molecule has 1 heteroatoms. The predicted molar refractivity (Wildman–Crippen MR) is 165 cm³/mol. The van der Waals surface area contributed by atoms with E-state index in [0.717, 1.165) is 0 Å². The van der Waals surface area contributed by atoms with Crippen LogP contribution in [-0.4, -0.2) is 5.11 Å². The fourth-order valence-electron chi connectivity index (χ4n) is 5.67. The second-order valence-electron chi connectivity index (χ2n) is 11.4. The Balaban J connectivity index is 1.80. The molecule has 0 aliphatic carbocycles. The summed E-state index contributed by atoms with van der Waals surface area (Å²) in [6.07, 6.45) is 30.0. The summed E-state index contributed by atoms with van der Waals surface area (Å²) in [5, 5.41) is 9.85. The molecule has 0 saturated heterocycles. The third-order valence-corrected chi connectivity index (χ3v) is 7.99. The van der Waals surface area contributed by atoms with Crippen molar-refractivity contribution in [2.45, 2.75) is 155 Å². The molecule has 0 atom stereocenters. The molecule has 208 valence electrons. The maximum atomic E-state index is 9.85. The summed E-state index contributed by atoms with van der Waals surface area (Å²) >= 11 is 0. The highest BCUT2D eigenvalue weighted by molar-refractivity contribution is 5.71. The average Bonchev–Trinajstić information content (AvgIpc) is 2.91. The Hall–Kier alpha value is -1.76. The molecule has 37 heavy (non-hydrogen) atoms. The highest BCUT2D eigenvalue weighted by Crippen LogP contribution is 2.32. The third-order valence-electron chi connectivity index (χ3n) is 7.99. The summed E-state index contributed by atoms with van der Waals surface area (Å²) < 4.78 is 0.